The second-order valence-electron chi connectivity index (χ2n) is 9.40. The maximum absolute atomic E-state index is 2.53. The Labute approximate surface area is 232 Å². The van der Waals surface area contributed by atoms with Crippen LogP contribution in [0.4, 0.5) is 0 Å². The molecule has 2 aliphatic rings. The Bertz CT molecular complexity index is 1300. The van der Waals surface area contributed by atoms with Crippen molar-refractivity contribution in [1.29, 1.82) is 0 Å². The zero-order valence-electron chi connectivity index (χ0n) is 19.9. The van der Waals surface area contributed by atoms with E-state index in [9.17, 15) is 0 Å². The minimum absolute atomic E-state index is 0. The number of benzene rings is 4. The molecule has 0 saturated carbocycles. The molecule has 6 rings (SSSR count). The Kier molecular flexibility index (Phi) is 7.44. The van der Waals surface area contributed by atoms with Gasteiger partial charge in [0.2, 0.25) is 0 Å². The SMILES string of the molecule is C[C]1([Zr][C]2(C)C(c3ccccc3)=Cc3ccccc32)C(c2ccccc2)=Cc2ccccc21.Cl.Cl. The van der Waals surface area contributed by atoms with Gasteiger partial charge in [0.1, 0.15) is 0 Å². The van der Waals surface area contributed by atoms with E-state index in [1.54, 1.807) is 0 Å². The van der Waals surface area contributed by atoms with Gasteiger partial charge in [-0.05, 0) is 0 Å². The molecule has 0 spiro atoms. The van der Waals surface area contributed by atoms with Crippen molar-refractivity contribution >= 4 is 48.1 Å². The van der Waals surface area contributed by atoms with Crippen LogP contribution in [0, 0.1) is 0 Å². The molecule has 0 N–H and O–H groups in total. The van der Waals surface area contributed by atoms with Crippen molar-refractivity contribution in [2.45, 2.75) is 20.1 Å². The van der Waals surface area contributed by atoms with E-state index in [1.165, 1.54) is 44.5 Å². The van der Waals surface area contributed by atoms with E-state index in [1.807, 2.05) is 0 Å². The Hall–Kier alpha value is -2.18. The number of halogens is 2. The summed E-state index contributed by atoms with van der Waals surface area (Å²) in [6, 6.07) is 40.2. The summed E-state index contributed by atoms with van der Waals surface area (Å²) in [5.41, 5.74) is 11.5. The molecular formula is C32H28Cl2Zr. The van der Waals surface area contributed by atoms with E-state index in [4.69, 9.17) is 0 Å². The average Bonchev–Trinajstić information content (AvgIpc) is 3.32. The molecule has 2 atom stereocenters. The summed E-state index contributed by atoms with van der Waals surface area (Å²) in [4.78, 5) is 0. The van der Waals surface area contributed by atoms with Gasteiger partial charge in [-0.25, -0.2) is 0 Å². The summed E-state index contributed by atoms with van der Waals surface area (Å²) in [5, 5.41) is 0. The van der Waals surface area contributed by atoms with Gasteiger partial charge in [-0.3, -0.25) is 0 Å². The first-order valence-electron chi connectivity index (χ1n) is 11.6. The quantitative estimate of drug-likeness (QED) is 0.228. The second kappa shape index (κ2) is 10.1. The number of fused-ring (bicyclic) bond motifs is 2. The van der Waals surface area contributed by atoms with Gasteiger partial charge in [-0.15, -0.1) is 24.8 Å². The van der Waals surface area contributed by atoms with Crippen LogP contribution in [0.1, 0.15) is 47.2 Å². The molecule has 0 fully saturated rings. The van der Waals surface area contributed by atoms with Crippen LogP contribution in [0.5, 0.6) is 0 Å². The van der Waals surface area contributed by atoms with Gasteiger partial charge in [0.25, 0.3) is 0 Å². The molecule has 174 valence electrons. The zero-order valence-corrected chi connectivity index (χ0v) is 24.0. The summed E-state index contributed by atoms with van der Waals surface area (Å²) in [7, 11) is 0. The van der Waals surface area contributed by atoms with E-state index in [0.29, 0.717) is 0 Å². The second-order valence-corrected chi connectivity index (χ2v) is 14.9. The third-order valence-corrected chi connectivity index (χ3v) is 12.5. The molecule has 2 unspecified atom stereocenters. The van der Waals surface area contributed by atoms with E-state index in [0.717, 1.165) is 0 Å². The van der Waals surface area contributed by atoms with Crippen LogP contribution < -0.4 is 0 Å². The molecule has 35 heavy (non-hydrogen) atoms. The fourth-order valence-electron chi connectivity index (χ4n) is 5.80. The number of hydrogen-bond acceptors (Lipinski definition) is 0. The van der Waals surface area contributed by atoms with Crippen molar-refractivity contribution in [2.24, 2.45) is 0 Å². The smallest absolute Gasteiger partial charge is 0.147 e. The molecule has 4 aromatic rings. The van der Waals surface area contributed by atoms with Crippen molar-refractivity contribution in [3.05, 3.63) is 143 Å². The molecule has 0 heterocycles. The molecule has 0 radical (unpaired) electrons. The standard InChI is InChI=1S/2C16H13.2ClH.Zr/c2*1-12-15-10-6-5-9-14(15)11-16(12)13-7-3-2-4-8-13;;;/h2*2-11H,1H3;2*1H;. The van der Waals surface area contributed by atoms with Crippen LogP contribution in [-0.4, -0.2) is 0 Å². The molecule has 0 aliphatic heterocycles. The third-order valence-electron chi connectivity index (χ3n) is 7.35. The maximum atomic E-state index is 2.53. The van der Waals surface area contributed by atoms with Crippen LogP contribution in [0.15, 0.2) is 109 Å². The Morgan fingerprint density at radius 1 is 0.457 bits per heavy atom. The molecule has 0 saturated heterocycles. The van der Waals surface area contributed by atoms with Crippen LogP contribution in [-0.2, 0) is 29.5 Å². The first-order valence-corrected chi connectivity index (χ1v) is 14.1. The number of hydrogen-bond donors (Lipinski definition) is 0. The van der Waals surface area contributed by atoms with Gasteiger partial charge in [0.05, 0.1) is 0 Å². The van der Waals surface area contributed by atoms with E-state index in [2.05, 4.69) is 135 Å². The fraction of sp³-hybridized carbons (Fsp3) is 0.125. The Balaban J connectivity index is 0.00000144. The molecule has 0 nitrogen and oxygen atoms in total. The third kappa shape index (κ3) is 4.23. The first kappa shape index (κ1) is 25.9. The molecule has 2 aliphatic carbocycles. The normalized spacial score (nSPS) is 21.5. The van der Waals surface area contributed by atoms with Gasteiger partial charge >= 0.3 is 209 Å². The van der Waals surface area contributed by atoms with Crippen LogP contribution in [0.2, 0.25) is 0 Å². The molecule has 0 bridgehead atoms. The topological polar surface area (TPSA) is 0 Å². The van der Waals surface area contributed by atoms with E-state index in [-0.39, 0.29) is 31.1 Å². The fourth-order valence-corrected chi connectivity index (χ4v) is 11.8. The monoisotopic (exact) mass is 572 g/mol. The first-order chi connectivity index (χ1) is 16.1. The summed E-state index contributed by atoms with van der Waals surface area (Å²) >= 11 is -1.16. The van der Waals surface area contributed by atoms with Gasteiger partial charge in [0, 0.05) is 0 Å². The molecule has 3 heteroatoms. The van der Waals surface area contributed by atoms with Crippen molar-refractivity contribution in [1.82, 2.24) is 0 Å². The summed E-state index contributed by atoms with van der Waals surface area (Å²) < 4.78 is 0.142. The van der Waals surface area contributed by atoms with Gasteiger partial charge in [-0.2, -0.15) is 0 Å². The van der Waals surface area contributed by atoms with Crippen LogP contribution in [0.25, 0.3) is 23.3 Å². The minimum Gasteiger partial charge on any atom is -0.147 e. The molecule has 4 aromatic carbocycles. The largest absolute Gasteiger partial charge is 0.147 e. The van der Waals surface area contributed by atoms with Crippen molar-refractivity contribution in [3.8, 4) is 0 Å². The van der Waals surface area contributed by atoms with E-state index >= 15 is 0 Å². The molecule has 0 amide bonds. The molecule has 0 aromatic heterocycles. The Morgan fingerprint density at radius 2 is 0.800 bits per heavy atom. The molecular weight excluding hydrogens is 546 g/mol. The number of rotatable bonds is 4. The van der Waals surface area contributed by atoms with Crippen molar-refractivity contribution in [3.63, 3.8) is 0 Å². The van der Waals surface area contributed by atoms with Crippen molar-refractivity contribution < 1.29 is 23.2 Å². The average molecular weight is 575 g/mol. The van der Waals surface area contributed by atoms with Crippen molar-refractivity contribution in [2.75, 3.05) is 0 Å². The number of allylic oxidation sites excluding steroid dienone is 2. The van der Waals surface area contributed by atoms with E-state index < -0.39 is 23.2 Å². The summed E-state index contributed by atoms with van der Waals surface area (Å²) in [6.07, 6.45) is 4.92. The predicted octanol–water partition coefficient (Wildman–Crippen LogP) is 8.85. The van der Waals surface area contributed by atoms with Crippen LogP contribution >= 0.6 is 24.8 Å². The zero-order chi connectivity index (χ0) is 22.5. The summed E-state index contributed by atoms with van der Waals surface area (Å²) in [5.74, 6) is 0. The Morgan fingerprint density at radius 3 is 1.20 bits per heavy atom. The van der Waals surface area contributed by atoms with Gasteiger partial charge in [0.15, 0.2) is 0 Å². The van der Waals surface area contributed by atoms with Crippen LogP contribution in [0.3, 0.4) is 0 Å². The maximum Gasteiger partial charge on any atom is -0.147 e. The van der Waals surface area contributed by atoms with Gasteiger partial charge < -0.3 is 0 Å². The van der Waals surface area contributed by atoms with Gasteiger partial charge in [-0.1, -0.05) is 0 Å². The predicted molar refractivity (Wildman–Crippen MR) is 151 cm³/mol. The summed E-state index contributed by atoms with van der Waals surface area (Å²) in [6.45, 7) is 5.05. The minimum atomic E-state index is -1.16.